The third-order valence-electron chi connectivity index (χ3n) is 1.44. The zero-order chi connectivity index (χ0) is 7.68. The monoisotopic (exact) mass is 147 g/mol. The van der Waals surface area contributed by atoms with E-state index < -0.39 is 0 Å². The van der Waals surface area contributed by atoms with Crippen LogP contribution in [0.25, 0.3) is 11.0 Å². The molecule has 0 saturated heterocycles. The fourth-order valence-corrected chi connectivity index (χ4v) is 0.923. The molecule has 0 fully saturated rings. The fraction of sp³-hybridized carbons (Fsp3) is 0. The molecule has 2 aromatic rings. The number of pyridine rings is 1. The number of hydrogen-bond donors (Lipinski definition) is 0. The van der Waals surface area contributed by atoms with Crippen molar-refractivity contribution in [2.75, 3.05) is 0 Å². The molecule has 0 aromatic carbocycles. The van der Waals surface area contributed by atoms with E-state index in [1.807, 2.05) is 0 Å². The molecule has 54 valence electrons. The average Bonchev–Trinajstić information content (AvgIpc) is 2.06. The summed E-state index contributed by atoms with van der Waals surface area (Å²) in [6.45, 7) is 0. The van der Waals surface area contributed by atoms with Gasteiger partial charge in [0.25, 0.3) is 5.52 Å². The van der Waals surface area contributed by atoms with Crippen LogP contribution in [0.5, 0.6) is 0 Å². The molecule has 0 aliphatic rings. The van der Waals surface area contributed by atoms with Crippen molar-refractivity contribution in [2.24, 2.45) is 0 Å². The first kappa shape index (κ1) is 6.03. The Bertz CT molecular complexity index is 383. The third-order valence-corrected chi connectivity index (χ3v) is 1.44. The number of fused-ring (bicyclic) bond motifs is 1. The Balaban J connectivity index is 2.91. The molecular weight excluding hydrogens is 142 g/mol. The Labute approximate surface area is 62.7 Å². The first-order valence-electron chi connectivity index (χ1n) is 3.16. The maximum Gasteiger partial charge on any atom is 0.260 e. The second kappa shape index (κ2) is 2.16. The molecule has 0 aliphatic carbocycles. The van der Waals surface area contributed by atoms with E-state index in [0.29, 0.717) is 11.0 Å². The molecule has 2 rings (SSSR count). The molecule has 0 bridgehead atoms. The van der Waals surface area contributed by atoms with Gasteiger partial charge in [0.05, 0.1) is 0 Å². The van der Waals surface area contributed by atoms with Crippen molar-refractivity contribution in [2.45, 2.75) is 0 Å². The number of nitrogens with zero attached hydrogens (tertiary/aromatic N) is 3. The third kappa shape index (κ3) is 0.881. The molecule has 2 aromatic heterocycles. The molecule has 11 heavy (non-hydrogen) atoms. The predicted octanol–water partition coefficient (Wildman–Crippen LogP) is 0.263. The van der Waals surface area contributed by atoms with Gasteiger partial charge < -0.3 is 5.21 Å². The van der Waals surface area contributed by atoms with Gasteiger partial charge in [-0.25, -0.2) is 9.97 Å². The van der Waals surface area contributed by atoms with E-state index >= 15 is 0 Å². The minimum atomic E-state index is 0.495. The normalized spacial score (nSPS) is 10.2. The van der Waals surface area contributed by atoms with E-state index in [4.69, 9.17) is 0 Å². The Morgan fingerprint density at radius 1 is 1.45 bits per heavy atom. The molecule has 0 radical (unpaired) electrons. The lowest BCUT2D eigenvalue weighted by molar-refractivity contribution is -0.577. The molecule has 0 unspecified atom stereocenters. The summed E-state index contributed by atoms with van der Waals surface area (Å²) in [5, 5.41) is 11.0. The summed E-state index contributed by atoms with van der Waals surface area (Å²) in [5.41, 5.74) is 1.16. The SMILES string of the molecule is [O-][n+]1cccc2ncncc21. The van der Waals surface area contributed by atoms with Crippen LogP contribution in [0.3, 0.4) is 0 Å². The Hall–Kier alpha value is -1.71. The van der Waals surface area contributed by atoms with Gasteiger partial charge in [0.15, 0.2) is 6.20 Å². The lowest BCUT2D eigenvalue weighted by Gasteiger charge is -1.97. The van der Waals surface area contributed by atoms with Gasteiger partial charge in [0.1, 0.15) is 18.0 Å². The van der Waals surface area contributed by atoms with E-state index in [9.17, 15) is 5.21 Å². The summed E-state index contributed by atoms with van der Waals surface area (Å²) in [5.74, 6) is 0. The van der Waals surface area contributed by atoms with Gasteiger partial charge in [-0.2, -0.15) is 4.73 Å². The summed E-state index contributed by atoms with van der Waals surface area (Å²) < 4.78 is 0.745. The fourth-order valence-electron chi connectivity index (χ4n) is 0.923. The van der Waals surface area contributed by atoms with Gasteiger partial charge in [-0.3, -0.25) is 0 Å². The zero-order valence-corrected chi connectivity index (χ0v) is 5.64. The quantitative estimate of drug-likeness (QED) is 0.397. The van der Waals surface area contributed by atoms with Crippen molar-refractivity contribution < 1.29 is 4.73 Å². The molecule has 0 aliphatic heterocycles. The van der Waals surface area contributed by atoms with Gasteiger partial charge >= 0.3 is 0 Å². The zero-order valence-electron chi connectivity index (χ0n) is 5.64. The largest absolute Gasteiger partial charge is 0.618 e. The summed E-state index contributed by atoms with van der Waals surface area (Å²) in [4.78, 5) is 7.65. The highest BCUT2D eigenvalue weighted by Gasteiger charge is 2.00. The second-order valence-corrected chi connectivity index (χ2v) is 2.13. The lowest BCUT2D eigenvalue weighted by Crippen LogP contribution is -2.26. The number of aromatic nitrogens is 3. The minimum Gasteiger partial charge on any atom is -0.618 e. The Morgan fingerprint density at radius 2 is 2.36 bits per heavy atom. The summed E-state index contributed by atoms with van der Waals surface area (Å²) in [6, 6.07) is 3.42. The minimum absolute atomic E-state index is 0.495. The van der Waals surface area contributed by atoms with Crippen LogP contribution in [0.2, 0.25) is 0 Å². The van der Waals surface area contributed by atoms with Gasteiger partial charge in [0, 0.05) is 6.07 Å². The number of rotatable bonds is 0. The maximum absolute atomic E-state index is 11.0. The molecular formula is C7H5N3O. The van der Waals surface area contributed by atoms with Crippen LogP contribution in [0, 0.1) is 5.21 Å². The molecule has 4 heteroatoms. The van der Waals surface area contributed by atoms with E-state index in [1.165, 1.54) is 18.7 Å². The first-order chi connectivity index (χ1) is 5.38. The molecule has 0 N–H and O–H groups in total. The van der Waals surface area contributed by atoms with Gasteiger partial charge in [-0.15, -0.1) is 0 Å². The highest BCUT2D eigenvalue weighted by Crippen LogP contribution is 2.00. The van der Waals surface area contributed by atoms with Gasteiger partial charge in [-0.05, 0) is 6.07 Å². The second-order valence-electron chi connectivity index (χ2n) is 2.13. The standard InChI is InChI=1S/C7H5N3O/c11-10-3-1-2-6-7(10)4-8-5-9-6/h1-5H. The molecule has 0 saturated carbocycles. The van der Waals surface area contributed by atoms with Crippen molar-refractivity contribution in [1.82, 2.24) is 9.97 Å². The van der Waals surface area contributed by atoms with E-state index in [1.54, 1.807) is 12.1 Å². The van der Waals surface area contributed by atoms with Crippen LogP contribution in [0.15, 0.2) is 30.9 Å². The Kier molecular flexibility index (Phi) is 1.18. The van der Waals surface area contributed by atoms with Crippen molar-refractivity contribution >= 4 is 11.0 Å². The molecule has 4 nitrogen and oxygen atoms in total. The highest BCUT2D eigenvalue weighted by atomic mass is 16.5. The summed E-state index contributed by atoms with van der Waals surface area (Å²) >= 11 is 0. The van der Waals surface area contributed by atoms with E-state index in [-0.39, 0.29) is 0 Å². The van der Waals surface area contributed by atoms with Crippen LogP contribution < -0.4 is 4.73 Å². The summed E-state index contributed by atoms with van der Waals surface area (Å²) in [7, 11) is 0. The van der Waals surface area contributed by atoms with E-state index in [0.717, 1.165) is 4.73 Å². The van der Waals surface area contributed by atoms with Crippen molar-refractivity contribution in [1.29, 1.82) is 0 Å². The predicted molar refractivity (Wildman–Crippen MR) is 38.5 cm³/mol. The van der Waals surface area contributed by atoms with Crippen LogP contribution in [-0.4, -0.2) is 9.97 Å². The van der Waals surface area contributed by atoms with Crippen LogP contribution in [0.4, 0.5) is 0 Å². The van der Waals surface area contributed by atoms with Crippen molar-refractivity contribution in [3.05, 3.63) is 36.1 Å². The van der Waals surface area contributed by atoms with Crippen LogP contribution in [0.1, 0.15) is 0 Å². The molecule has 0 amide bonds. The smallest absolute Gasteiger partial charge is 0.260 e. The molecule has 0 atom stereocenters. The number of hydrogen-bond acceptors (Lipinski definition) is 3. The topological polar surface area (TPSA) is 52.7 Å². The van der Waals surface area contributed by atoms with E-state index in [2.05, 4.69) is 9.97 Å². The first-order valence-corrected chi connectivity index (χ1v) is 3.16. The molecule has 2 heterocycles. The maximum atomic E-state index is 11.0. The highest BCUT2D eigenvalue weighted by molar-refractivity contribution is 5.68. The van der Waals surface area contributed by atoms with Crippen molar-refractivity contribution in [3.8, 4) is 0 Å². The van der Waals surface area contributed by atoms with Crippen molar-refractivity contribution in [3.63, 3.8) is 0 Å². The Morgan fingerprint density at radius 3 is 3.18 bits per heavy atom. The summed E-state index contributed by atoms with van der Waals surface area (Å²) in [6.07, 6.45) is 4.34. The van der Waals surface area contributed by atoms with Crippen LogP contribution >= 0.6 is 0 Å². The molecule has 0 spiro atoms. The average molecular weight is 147 g/mol. The van der Waals surface area contributed by atoms with Crippen LogP contribution in [-0.2, 0) is 0 Å². The lowest BCUT2D eigenvalue weighted by atomic mass is 10.4. The van der Waals surface area contributed by atoms with Gasteiger partial charge in [0.2, 0.25) is 0 Å². The van der Waals surface area contributed by atoms with Gasteiger partial charge in [-0.1, -0.05) is 0 Å².